The number of aromatic amines is 1. The van der Waals surface area contributed by atoms with Crippen LogP contribution in [0.3, 0.4) is 0 Å². The number of aromatic nitrogens is 7. The number of hydrogen-bond acceptors (Lipinski definition) is 7. The number of anilines is 1. The van der Waals surface area contributed by atoms with Gasteiger partial charge in [-0.3, -0.25) is 4.79 Å². The SMILES string of the molecule is Cc1nn(-c2nn[nH]n2)c(C)c1NC(=O)Cc1nc(-c2ccccc2)oc1C. The number of aryl methyl sites for hydroxylation is 2. The van der Waals surface area contributed by atoms with Crippen LogP contribution in [-0.2, 0) is 11.2 Å². The Balaban J connectivity index is 1.52. The Kier molecular flexibility index (Phi) is 4.44. The number of benzene rings is 1. The molecule has 4 rings (SSSR count). The highest BCUT2D eigenvalue weighted by molar-refractivity contribution is 5.93. The van der Waals surface area contributed by atoms with Crippen molar-refractivity contribution in [1.29, 1.82) is 0 Å². The highest BCUT2D eigenvalue weighted by Gasteiger charge is 2.19. The van der Waals surface area contributed by atoms with Crippen molar-refractivity contribution in [3.63, 3.8) is 0 Å². The maximum atomic E-state index is 12.6. The molecule has 0 aliphatic heterocycles. The van der Waals surface area contributed by atoms with E-state index in [1.807, 2.05) is 37.3 Å². The van der Waals surface area contributed by atoms with Crippen LogP contribution < -0.4 is 5.32 Å². The monoisotopic (exact) mass is 378 g/mol. The molecule has 3 heterocycles. The third kappa shape index (κ3) is 3.27. The van der Waals surface area contributed by atoms with Crippen LogP contribution >= 0.6 is 0 Å². The molecular weight excluding hydrogens is 360 g/mol. The van der Waals surface area contributed by atoms with Crippen LogP contribution in [0.15, 0.2) is 34.7 Å². The summed E-state index contributed by atoms with van der Waals surface area (Å²) in [6.07, 6.45) is 0.0917. The average Bonchev–Trinajstić information content (AvgIpc) is 3.40. The Morgan fingerprint density at radius 1 is 1.21 bits per heavy atom. The second-order valence-electron chi connectivity index (χ2n) is 6.28. The lowest BCUT2D eigenvalue weighted by molar-refractivity contribution is -0.115. The van der Waals surface area contributed by atoms with Gasteiger partial charge < -0.3 is 9.73 Å². The second kappa shape index (κ2) is 7.06. The zero-order valence-corrected chi connectivity index (χ0v) is 15.6. The summed E-state index contributed by atoms with van der Waals surface area (Å²) < 4.78 is 7.23. The number of H-pyrrole nitrogens is 1. The fraction of sp³-hybridized carbons (Fsp3) is 0.222. The van der Waals surface area contributed by atoms with Crippen molar-refractivity contribution in [3.8, 4) is 17.4 Å². The van der Waals surface area contributed by atoms with Crippen molar-refractivity contribution < 1.29 is 9.21 Å². The number of nitrogens with zero attached hydrogens (tertiary/aromatic N) is 6. The molecule has 0 fully saturated rings. The number of carbonyl (C=O) groups excluding carboxylic acids is 1. The maximum Gasteiger partial charge on any atom is 0.290 e. The average molecular weight is 378 g/mol. The molecule has 10 heteroatoms. The summed E-state index contributed by atoms with van der Waals surface area (Å²) in [5, 5.41) is 21.0. The summed E-state index contributed by atoms with van der Waals surface area (Å²) in [6, 6.07) is 9.57. The molecule has 0 radical (unpaired) electrons. The molecule has 10 nitrogen and oxygen atoms in total. The predicted molar refractivity (Wildman–Crippen MR) is 99.8 cm³/mol. The minimum Gasteiger partial charge on any atom is -0.441 e. The van der Waals surface area contributed by atoms with E-state index in [9.17, 15) is 4.79 Å². The van der Waals surface area contributed by atoms with Crippen LogP contribution in [0.4, 0.5) is 5.69 Å². The van der Waals surface area contributed by atoms with Crippen LogP contribution in [-0.4, -0.2) is 41.3 Å². The van der Waals surface area contributed by atoms with E-state index in [4.69, 9.17) is 4.42 Å². The number of carbonyl (C=O) groups is 1. The van der Waals surface area contributed by atoms with Crippen molar-refractivity contribution in [2.75, 3.05) is 5.32 Å². The Hall–Kier alpha value is -3.82. The standard InChI is InChI=1S/C18H18N8O2/c1-10-16(11(2)26(23-10)18-21-24-25-22-18)20-15(27)9-14-12(3)28-17(19-14)13-7-5-4-6-8-13/h4-8H,9H2,1-3H3,(H,20,27)(H,21,22,24,25). The molecule has 0 unspecified atom stereocenters. The molecule has 0 saturated heterocycles. The molecule has 0 saturated carbocycles. The van der Waals surface area contributed by atoms with E-state index in [2.05, 4.69) is 36.0 Å². The molecule has 0 atom stereocenters. The van der Waals surface area contributed by atoms with Gasteiger partial charge in [-0.15, -0.1) is 5.10 Å². The molecule has 4 aromatic rings. The van der Waals surface area contributed by atoms with Crippen LogP contribution in [0.1, 0.15) is 22.8 Å². The van der Waals surface area contributed by atoms with Crippen LogP contribution in [0.25, 0.3) is 17.4 Å². The molecule has 0 spiro atoms. The van der Waals surface area contributed by atoms with E-state index < -0.39 is 0 Å². The molecule has 0 bridgehead atoms. The largest absolute Gasteiger partial charge is 0.441 e. The molecule has 1 amide bonds. The summed E-state index contributed by atoms with van der Waals surface area (Å²) in [4.78, 5) is 17.1. The first-order chi connectivity index (χ1) is 13.5. The molecule has 0 aliphatic carbocycles. The van der Waals surface area contributed by atoms with Gasteiger partial charge in [0.2, 0.25) is 11.8 Å². The zero-order valence-electron chi connectivity index (χ0n) is 15.6. The van der Waals surface area contributed by atoms with Crippen molar-refractivity contribution in [1.82, 2.24) is 35.4 Å². The first kappa shape index (κ1) is 17.6. The van der Waals surface area contributed by atoms with E-state index in [-0.39, 0.29) is 12.3 Å². The predicted octanol–water partition coefficient (Wildman–Crippen LogP) is 2.15. The van der Waals surface area contributed by atoms with Gasteiger partial charge in [0.15, 0.2) is 0 Å². The first-order valence-electron chi connectivity index (χ1n) is 8.64. The molecule has 2 N–H and O–H groups in total. The van der Waals surface area contributed by atoms with Gasteiger partial charge in [-0.05, 0) is 38.1 Å². The Morgan fingerprint density at radius 2 is 2.00 bits per heavy atom. The van der Waals surface area contributed by atoms with Crippen LogP contribution in [0, 0.1) is 20.8 Å². The number of nitrogens with one attached hydrogen (secondary N) is 2. The fourth-order valence-electron chi connectivity index (χ4n) is 2.90. The van der Waals surface area contributed by atoms with Gasteiger partial charge in [0.25, 0.3) is 5.95 Å². The van der Waals surface area contributed by atoms with Crippen LogP contribution in [0.5, 0.6) is 0 Å². The summed E-state index contributed by atoms with van der Waals surface area (Å²) in [7, 11) is 0. The molecule has 1 aromatic carbocycles. The van der Waals surface area contributed by atoms with Gasteiger partial charge in [-0.25, -0.2) is 4.98 Å². The van der Waals surface area contributed by atoms with E-state index in [1.165, 1.54) is 4.68 Å². The molecular formula is C18H18N8O2. The Morgan fingerprint density at radius 3 is 2.71 bits per heavy atom. The van der Waals surface area contributed by atoms with Gasteiger partial charge in [0.1, 0.15) is 5.76 Å². The first-order valence-corrected chi connectivity index (χ1v) is 8.64. The highest BCUT2D eigenvalue weighted by atomic mass is 16.4. The topological polar surface area (TPSA) is 127 Å². The van der Waals surface area contributed by atoms with Gasteiger partial charge in [0.05, 0.1) is 29.2 Å². The molecule has 142 valence electrons. The van der Waals surface area contributed by atoms with Crippen molar-refractivity contribution >= 4 is 11.6 Å². The quantitative estimate of drug-likeness (QED) is 0.544. The summed E-state index contributed by atoms with van der Waals surface area (Å²) in [6.45, 7) is 5.42. The lowest BCUT2D eigenvalue weighted by Crippen LogP contribution is -2.16. The van der Waals surface area contributed by atoms with E-state index in [0.717, 1.165) is 5.56 Å². The third-order valence-electron chi connectivity index (χ3n) is 4.32. The minimum absolute atomic E-state index is 0.0917. The zero-order chi connectivity index (χ0) is 19.7. The van der Waals surface area contributed by atoms with E-state index in [1.54, 1.807) is 13.8 Å². The molecule has 0 aliphatic rings. The number of rotatable bonds is 5. The maximum absolute atomic E-state index is 12.6. The number of tetrazole rings is 1. The summed E-state index contributed by atoms with van der Waals surface area (Å²) in [5.74, 6) is 1.21. The highest BCUT2D eigenvalue weighted by Crippen LogP contribution is 2.24. The van der Waals surface area contributed by atoms with Crippen molar-refractivity contribution in [2.24, 2.45) is 0 Å². The second-order valence-corrected chi connectivity index (χ2v) is 6.28. The smallest absolute Gasteiger partial charge is 0.290 e. The lowest BCUT2D eigenvalue weighted by atomic mass is 10.2. The van der Waals surface area contributed by atoms with Crippen molar-refractivity contribution in [3.05, 3.63) is 53.2 Å². The normalized spacial score (nSPS) is 11.0. The summed E-state index contributed by atoms with van der Waals surface area (Å²) in [5.41, 5.74) is 3.42. The number of hydrogen-bond donors (Lipinski definition) is 2. The Bertz CT molecular complexity index is 1110. The van der Waals surface area contributed by atoms with E-state index in [0.29, 0.717) is 40.4 Å². The lowest BCUT2D eigenvalue weighted by Gasteiger charge is -2.04. The van der Waals surface area contributed by atoms with Gasteiger partial charge in [-0.1, -0.05) is 23.3 Å². The Labute approximate surface area is 160 Å². The van der Waals surface area contributed by atoms with Gasteiger partial charge in [0, 0.05) is 5.56 Å². The van der Waals surface area contributed by atoms with E-state index >= 15 is 0 Å². The van der Waals surface area contributed by atoms with Gasteiger partial charge >= 0.3 is 0 Å². The number of amides is 1. The van der Waals surface area contributed by atoms with Crippen LogP contribution in [0.2, 0.25) is 0 Å². The third-order valence-corrected chi connectivity index (χ3v) is 4.32. The number of oxazole rings is 1. The fourth-order valence-corrected chi connectivity index (χ4v) is 2.90. The molecule has 3 aromatic heterocycles. The minimum atomic E-state index is -0.213. The summed E-state index contributed by atoms with van der Waals surface area (Å²) >= 11 is 0. The van der Waals surface area contributed by atoms with Crippen molar-refractivity contribution in [2.45, 2.75) is 27.2 Å². The van der Waals surface area contributed by atoms with Gasteiger partial charge in [-0.2, -0.15) is 15.0 Å². The molecule has 28 heavy (non-hydrogen) atoms.